The molecule has 6 heteroatoms. The molecule has 2 atom stereocenters. The lowest BCUT2D eigenvalue weighted by Gasteiger charge is -2.47. The average molecular weight is 304 g/mol. The van der Waals surface area contributed by atoms with Crippen LogP contribution in [0.5, 0.6) is 0 Å². The fourth-order valence-electron chi connectivity index (χ4n) is 3.45. The van der Waals surface area contributed by atoms with Gasteiger partial charge < -0.3 is 15.3 Å². The molecule has 0 aliphatic carbocycles. The monoisotopic (exact) mass is 304 g/mol. The zero-order valence-corrected chi connectivity index (χ0v) is 13.2. The number of aromatic nitrogens is 2. The zero-order valence-electron chi connectivity index (χ0n) is 13.2. The van der Waals surface area contributed by atoms with Gasteiger partial charge in [-0.05, 0) is 37.3 Å². The predicted octanol–water partition coefficient (Wildman–Crippen LogP) is 1.07. The molecule has 0 unspecified atom stereocenters. The molecule has 3 heterocycles. The topological polar surface area (TPSA) is 78.4 Å². The first kappa shape index (κ1) is 15.2. The largest absolute Gasteiger partial charge is 0.392 e. The molecule has 2 N–H and O–H groups in total. The number of rotatable bonds is 2. The lowest BCUT2D eigenvalue weighted by molar-refractivity contribution is -0.142. The van der Waals surface area contributed by atoms with Crippen molar-refractivity contribution in [3.8, 4) is 0 Å². The smallest absolute Gasteiger partial charge is 0.230 e. The summed E-state index contributed by atoms with van der Waals surface area (Å²) in [6.07, 6.45) is 1.65. The van der Waals surface area contributed by atoms with Crippen LogP contribution in [0.2, 0.25) is 0 Å². The van der Waals surface area contributed by atoms with E-state index in [-0.39, 0.29) is 5.91 Å². The van der Waals surface area contributed by atoms with Crippen LogP contribution in [0.3, 0.4) is 0 Å². The minimum atomic E-state index is -0.700. The van der Waals surface area contributed by atoms with Gasteiger partial charge in [-0.2, -0.15) is 5.10 Å². The molecule has 2 fully saturated rings. The van der Waals surface area contributed by atoms with E-state index in [1.165, 1.54) is 0 Å². The van der Waals surface area contributed by atoms with E-state index in [0.29, 0.717) is 32.0 Å². The van der Waals surface area contributed by atoms with Crippen molar-refractivity contribution in [2.24, 2.45) is 5.41 Å². The zero-order chi connectivity index (χ0) is 15.7. The number of hydrogen-bond donors (Lipinski definition) is 2. The summed E-state index contributed by atoms with van der Waals surface area (Å²) in [5, 5.41) is 21.9. The molecule has 0 radical (unpaired) electrons. The molecule has 2 aliphatic rings. The second-order valence-corrected chi connectivity index (χ2v) is 6.71. The highest BCUT2D eigenvalue weighted by Gasteiger charge is 2.50. The third-order valence-corrected chi connectivity index (χ3v) is 4.91. The Balaban J connectivity index is 1.82. The average Bonchev–Trinajstić information content (AvgIpc) is 2.53. The van der Waals surface area contributed by atoms with Crippen molar-refractivity contribution in [3.63, 3.8) is 0 Å². The number of nitrogens with zero attached hydrogens (tertiary/aromatic N) is 3. The number of hydrogen-bond acceptors (Lipinski definition) is 5. The third kappa shape index (κ3) is 2.56. The second kappa shape index (κ2) is 5.83. The highest BCUT2D eigenvalue weighted by molar-refractivity contribution is 5.85. The predicted molar refractivity (Wildman–Crippen MR) is 83.6 cm³/mol. The van der Waals surface area contributed by atoms with E-state index in [0.717, 1.165) is 24.4 Å². The van der Waals surface area contributed by atoms with Crippen LogP contribution < -0.4 is 10.2 Å². The molecule has 1 spiro atoms. The van der Waals surface area contributed by atoms with Gasteiger partial charge in [0, 0.05) is 19.6 Å². The highest BCUT2D eigenvalue weighted by atomic mass is 16.3. The van der Waals surface area contributed by atoms with E-state index in [4.69, 9.17) is 0 Å². The van der Waals surface area contributed by atoms with Crippen molar-refractivity contribution in [2.75, 3.05) is 24.5 Å². The number of aliphatic hydroxyl groups is 1. The third-order valence-electron chi connectivity index (χ3n) is 4.91. The van der Waals surface area contributed by atoms with E-state index in [1.807, 2.05) is 12.1 Å². The molecule has 22 heavy (non-hydrogen) atoms. The minimum absolute atomic E-state index is 0.0253. The highest BCUT2D eigenvalue weighted by Crippen LogP contribution is 2.38. The van der Waals surface area contributed by atoms with Crippen molar-refractivity contribution in [2.45, 2.75) is 45.1 Å². The molecule has 3 rings (SSSR count). The Morgan fingerprint density at radius 2 is 2.23 bits per heavy atom. The van der Waals surface area contributed by atoms with Gasteiger partial charge in [-0.25, -0.2) is 0 Å². The van der Waals surface area contributed by atoms with E-state index >= 15 is 0 Å². The number of piperidine rings is 2. The standard InChI is InChI=1S/C16H24N4O2/c1-11(2)12-4-5-14(19-18-12)20-9-6-13(21)16(10-20)7-3-8-17-15(16)22/h4-5,11,13,21H,3,6-10H2,1-2H3,(H,17,22)/t13-,16+/m0/s1. The minimum Gasteiger partial charge on any atom is -0.392 e. The first-order valence-corrected chi connectivity index (χ1v) is 8.08. The van der Waals surface area contributed by atoms with Gasteiger partial charge >= 0.3 is 0 Å². The Kier molecular flexibility index (Phi) is 4.04. The van der Waals surface area contributed by atoms with Gasteiger partial charge in [-0.15, -0.1) is 5.10 Å². The summed E-state index contributed by atoms with van der Waals surface area (Å²) in [5.74, 6) is 1.11. The van der Waals surface area contributed by atoms with E-state index in [9.17, 15) is 9.90 Å². The Labute approximate surface area is 130 Å². The number of aliphatic hydroxyl groups excluding tert-OH is 1. The number of anilines is 1. The Morgan fingerprint density at radius 1 is 1.41 bits per heavy atom. The molecule has 0 bridgehead atoms. The lowest BCUT2D eigenvalue weighted by atomic mass is 9.71. The van der Waals surface area contributed by atoms with Crippen molar-refractivity contribution >= 4 is 11.7 Å². The van der Waals surface area contributed by atoms with Crippen molar-refractivity contribution < 1.29 is 9.90 Å². The fourth-order valence-corrected chi connectivity index (χ4v) is 3.45. The van der Waals surface area contributed by atoms with Gasteiger partial charge in [-0.1, -0.05) is 13.8 Å². The van der Waals surface area contributed by atoms with Crippen LogP contribution in [0.1, 0.15) is 44.7 Å². The number of amides is 1. The summed E-state index contributed by atoms with van der Waals surface area (Å²) >= 11 is 0. The van der Waals surface area contributed by atoms with E-state index in [2.05, 4.69) is 34.3 Å². The van der Waals surface area contributed by atoms with Crippen molar-refractivity contribution in [1.82, 2.24) is 15.5 Å². The number of carbonyl (C=O) groups is 1. The molecule has 0 aromatic carbocycles. The maximum atomic E-state index is 12.4. The first-order valence-electron chi connectivity index (χ1n) is 8.08. The maximum Gasteiger partial charge on any atom is 0.230 e. The van der Waals surface area contributed by atoms with Crippen LogP contribution in [-0.4, -0.2) is 46.9 Å². The molecule has 2 aliphatic heterocycles. The summed E-state index contributed by atoms with van der Waals surface area (Å²) in [6.45, 7) is 6.09. The fraction of sp³-hybridized carbons (Fsp3) is 0.688. The molecule has 120 valence electrons. The quantitative estimate of drug-likeness (QED) is 0.854. The first-order chi connectivity index (χ1) is 10.5. The molecule has 6 nitrogen and oxygen atoms in total. The molecule has 2 saturated heterocycles. The van der Waals surface area contributed by atoms with Crippen LogP contribution in [0.15, 0.2) is 12.1 Å². The summed E-state index contributed by atoms with van der Waals surface area (Å²) in [6, 6.07) is 3.96. The van der Waals surface area contributed by atoms with Gasteiger partial charge in [-0.3, -0.25) is 4.79 Å². The lowest BCUT2D eigenvalue weighted by Crippen LogP contribution is -2.61. The second-order valence-electron chi connectivity index (χ2n) is 6.71. The summed E-state index contributed by atoms with van der Waals surface area (Å²) in [7, 11) is 0. The van der Waals surface area contributed by atoms with Crippen LogP contribution in [0.25, 0.3) is 0 Å². The van der Waals surface area contributed by atoms with Gasteiger partial charge in [0.15, 0.2) is 5.82 Å². The molecule has 0 saturated carbocycles. The van der Waals surface area contributed by atoms with E-state index in [1.54, 1.807) is 0 Å². The number of carbonyl (C=O) groups excluding carboxylic acids is 1. The molecule has 1 aromatic rings. The van der Waals surface area contributed by atoms with Gasteiger partial charge in [0.2, 0.25) is 5.91 Å². The van der Waals surface area contributed by atoms with Crippen LogP contribution >= 0.6 is 0 Å². The summed E-state index contributed by atoms with van der Waals surface area (Å²) in [4.78, 5) is 14.4. The summed E-state index contributed by atoms with van der Waals surface area (Å²) in [5.41, 5.74) is 0.264. The van der Waals surface area contributed by atoms with Gasteiger partial charge in [0.05, 0.1) is 17.2 Å². The molecular formula is C16H24N4O2. The van der Waals surface area contributed by atoms with Gasteiger partial charge in [0.25, 0.3) is 0 Å². The molecular weight excluding hydrogens is 280 g/mol. The summed E-state index contributed by atoms with van der Waals surface area (Å²) < 4.78 is 0. The van der Waals surface area contributed by atoms with Crippen LogP contribution in [0.4, 0.5) is 5.82 Å². The van der Waals surface area contributed by atoms with Crippen molar-refractivity contribution in [3.05, 3.63) is 17.8 Å². The SMILES string of the molecule is CC(C)c1ccc(N2CC[C@H](O)[C@@]3(CCCNC3=O)C2)nn1. The van der Waals surface area contributed by atoms with E-state index < -0.39 is 11.5 Å². The van der Waals surface area contributed by atoms with Crippen molar-refractivity contribution in [1.29, 1.82) is 0 Å². The Morgan fingerprint density at radius 3 is 2.86 bits per heavy atom. The Hall–Kier alpha value is -1.69. The van der Waals surface area contributed by atoms with Gasteiger partial charge in [0.1, 0.15) is 0 Å². The molecule has 1 aromatic heterocycles. The molecule has 1 amide bonds. The number of nitrogens with one attached hydrogen (secondary N) is 1. The normalized spacial score (nSPS) is 29.0. The van der Waals surface area contributed by atoms with Crippen LogP contribution in [-0.2, 0) is 4.79 Å². The van der Waals surface area contributed by atoms with Crippen LogP contribution in [0, 0.1) is 5.41 Å². The maximum absolute atomic E-state index is 12.4. The Bertz CT molecular complexity index is 546.